The van der Waals surface area contributed by atoms with Crippen LogP contribution < -0.4 is 0 Å². The predicted molar refractivity (Wildman–Crippen MR) is 152 cm³/mol. The molecule has 2 amide bonds. The van der Waals surface area contributed by atoms with E-state index in [1.165, 1.54) is 0 Å². The molecule has 2 aromatic carbocycles. The molecule has 0 radical (unpaired) electrons. The van der Waals surface area contributed by atoms with Crippen molar-refractivity contribution in [2.45, 2.75) is 70.4 Å². The Morgan fingerprint density at radius 1 is 1.05 bits per heavy atom. The molecule has 1 aromatic heterocycles. The molecule has 7 nitrogen and oxygen atoms in total. The molecule has 1 spiro atoms. The summed E-state index contributed by atoms with van der Waals surface area (Å²) in [6, 6.07) is 16.6. The number of carbonyl (C=O) groups excluding carboxylic acids is 2. The lowest BCUT2D eigenvalue weighted by Crippen LogP contribution is -2.42. The lowest BCUT2D eigenvalue weighted by atomic mass is 9.97. The molecule has 0 bridgehead atoms. The van der Waals surface area contributed by atoms with Crippen LogP contribution in [0.5, 0.6) is 0 Å². The first kappa shape index (κ1) is 25.7. The maximum atomic E-state index is 13.8. The van der Waals surface area contributed by atoms with Crippen molar-refractivity contribution in [3.63, 3.8) is 0 Å². The first-order valence-corrected chi connectivity index (χ1v) is 14.2. The second kappa shape index (κ2) is 9.85. The van der Waals surface area contributed by atoms with Crippen LogP contribution in [0.15, 0.2) is 64.2 Å². The molecule has 39 heavy (non-hydrogen) atoms. The number of hydrogen-bond donors (Lipinski definition) is 0. The maximum Gasteiger partial charge on any atom is 0.410 e. The van der Waals surface area contributed by atoms with Gasteiger partial charge in [-0.2, -0.15) is 0 Å². The molecule has 3 aliphatic rings. The van der Waals surface area contributed by atoms with Crippen molar-refractivity contribution >= 4 is 28.8 Å². The third-order valence-corrected chi connectivity index (χ3v) is 8.28. The van der Waals surface area contributed by atoms with Crippen molar-refractivity contribution in [2.24, 2.45) is 10.9 Å². The smallest absolute Gasteiger partial charge is 0.410 e. The maximum absolute atomic E-state index is 13.8. The third-order valence-electron chi connectivity index (χ3n) is 8.28. The van der Waals surface area contributed by atoms with Crippen molar-refractivity contribution < 1.29 is 18.7 Å². The number of fused-ring (bicyclic) bond motifs is 1. The van der Waals surface area contributed by atoms with E-state index < -0.39 is 11.1 Å². The molecule has 2 fully saturated rings. The third kappa shape index (κ3) is 5.07. The summed E-state index contributed by atoms with van der Waals surface area (Å²) in [7, 11) is 0. The molecule has 0 unspecified atom stereocenters. The summed E-state index contributed by atoms with van der Waals surface area (Å²) in [6.07, 6.45) is 6.95. The minimum absolute atomic E-state index is 0.145. The molecule has 7 heteroatoms. The second-order valence-corrected chi connectivity index (χ2v) is 12.3. The van der Waals surface area contributed by atoms with Crippen LogP contribution in [0.3, 0.4) is 0 Å². The SMILES string of the molecule is CC(C)(C)OC(=O)N1CC[C@H](CCN2C(=O)C3(CCCC3)N=C2c2ccc(-c3ccc4occc4c3)cc2)C1. The normalized spacial score (nSPS) is 20.8. The molecule has 3 heterocycles. The van der Waals surface area contributed by atoms with Crippen molar-refractivity contribution in [1.29, 1.82) is 0 Å². The van der Waals surface area contributed by atoms with Gasteiger partial charge in [0.15, 0.2) is 0 Å². The number of likely N-dealkylation sites (tertiary alicyclic amines) is 1. The Balaban J connectivity index is 1.18. The van der Waals surface area contributed by atoms with Gasteiger partial charge >= 0.3 is 6.09 Å². The van der Waals surface area contributed by atoms with Gasteiger partial charge in [-0.15, -0.1) is 0 Å². The van der Waals surface area contributed by atoms with E-state index in [0.29, 0.717) is 25.6 Å². The summed E-state index contributed by atoms with van der Waals surface area (Å²) in [5.74, 6) is 1.28. The Morgan fingerprint density at radius 3 is 2.51 bits per heavy atom. The van der Waals surface area contributed by atoms with Crippen LogP contribution in [0.2, 0.25) is 0 Å². The molecule has 1 saturated heterocycles. The standard InChI is InChI=1S/C32H37N3O4/c1-31(2,3)39-30(37)34-17-12-22(21-34)13-18-35-28(33-32(29(35)36)15-4-5-16-32)24-8-6-23(7-9-24)25-10-11-27-26(20-25)14-19-38-27/h6-11,14,19-20,22H,4-5,12-13,15-18,21H2,1-3H3/t22-/m1/s1. The fourth-order valence-electron chi connectivity index (χ4n) is 6.20. The number of amidine groups is 1. The Labute approximate surface area is 229 Å². The molecule has 3 aromatic rings. The van der Waals surface area contributed by atoms with E-state index in [1.807, 2.05) is 37.8 Å². The van der Waals surface area contributed by atoms with Crippen LogP contribution >= 0.6 is 0 Å². The van der Waals surface area contributed by atoms with E-state index in [4.69, 9.17) is 14.1 Å². The molecule has 1 atom stereocenters. The van der Waals surface area contributed by atoms with Gasteiger partial charge in [-0.05, 0) is 81.7 Å². The molecule has 1 aliphatic carbocycles. The highest BCUT2D eigenvalue weighted by atomic mass is 16.6. The molecular formula is C32H37N3O4. The quantitative estimate of drug-likeness (QED) is 0.372. The number of aliphatic imine (C=N–C) groups is 1. The Kier molecular flexibility index (Phi) is 6.48. The topological polar surface area (TPSA) is 75.3 Å². The van der Waals surface area contributed by atoms with Crippen molar-refractivity contribution in [3.8, 4) is 11.1 Å². The number of nitrogens with zero attached hydrogens (tertiary/aromatic N) is 3. The number of ether oxygens (including phenoxy) is 1. The van der Waals surface area contributed by atoms with Gasteiger partial charge in [-0.25, -0.2) is 4.79 Å². The van der Waals surface area contributed by atoms with Crippen LogP contribution in [0.1, 0.15) is 64.9 Å². The van der Waals surface area contributed by atoms with Crippen LogP contribution in [0.25, 0.3) is 22.1 Å². The van der Waals surface area contributed by atoms with Crippen LogP contribution in [-0.4, -0.2) is 58.4 Å². The van der Waals surface area contributed by atoms with Crippen molar-refractivity contribution in [2.75, 3.05) is 19.6 Å². The monoisotopic (exact) mass is 527 g/mol. The summed E-state index contributed by atoms with van der Waals surface area (Å²) in [5, 5.41) is 1.08. The summed E-state index contributed by atoms with van der Waals surface area (Å²) >= 11 is 0. The van der Waals surface area contributed by atoms with E-state index in [1.54, 1.807) is 11.2 Å². The van der Waals surface area contributed by atoms with Crippen LogP contribution in [-0.2, 0) is 9.53 Å². The zero-order valence-electron chi connectivity index (χ0n) is 23.1. The first-order chi connectivity index (χ1) is 18.7. The molecular weight excluding hydrogens is 490 g/mol. The minimum Gasteiger partial charge on any atom is -0.464 e. The lowest BCUT2D eigenvalue weighted by molar-refractivity contribution is -0.131. The summed E-state index contributed by atoms with van der Waals surface area (Å²) in [4.78, 5) is 35.1. The number of hydrogen-bond acceptors (Lipinski definition) is 5. The molecule has 2 aliphatic heterocycles. The van der Waals surface area contributed by atoms with E-state index in [2.05, 4.69) is 36.4 Å². The van der Waals surface area contributed by atoms with Gasteiger partial charge in [-0.1, -0.05) is 43.2 Å². The van der Waals surface area contributed by atoms with Crippen molar-refractivity contribution in [1.82, 2.24) is 9.80 Å². The van der Waals surface area contributed by atoms with Gasteiger partial charge in [-0.3, -0.25) is 14.7 Å². The lowest BCUT2D eigenvalue weighted by Gasteiger charge is -2.25. The van der Waals surface area contributed by atoms with Gasteiger partial charge in [0.1, 0.15) is 22.6 Å². The average molecular weight is 528 g/mol. The fraction of sp³-hybridized carbons (Fsp3) is 0.469. The highest BCUT2D eigenvalue weighted by Gasteiger charge is 2.50. The average Bonchev–Trinajstić information content (AvgIpc) is 3.71. The molecule has 6 rings (SSSR count). The Morgan fingerprint density at radius 2 is 1.77 bits per heavy atom. The van der Waals surface area contributed by atoms with E-state index >= 15 is 0 Å². The van der Waals surface area contributed by atoms with E-state index in [-0.39, 0.29) is 12.0 Å². The number of amides is 2. The van der Waals surface area contributed by atoms with Gasteiger partial charge in [0, 0.05) is 30.6 Å². The van der Waals surface area contributed by atoms with Crippen LogP contribution in [0, 0.1) is 5.92 Å². The van der Waals surface area contributed by atoms with Gasteiger partial charge in [0.25, 0.3) is 5.91 Å². The van der Waals surface area contributed by atoms with E-state index in [0.717, 1.165) is 72.0 Å². The molecule has 1 saturated carbocycles. The Bertz CT molecular complexity index is 1410. The second-order valence-electron chi connectivity index (χ2n) is 12.3. The van der Waals surface area contributed by atoms with Gasteiger partial charge in [0.2, 0.25) is 0 Å². The summed E-state index contributed by atoms with van der Waals surface area (Å²) < 4.78 is 11.0. The zero-order valence-corrected chi connectivity index (χ0v) is 23.1. The zero-order chi connectivity index (χ0) is 27.2. The highest BCUT2D eigenvalue weighted by Crippen LogP contribution is 2.40. The number of carbonyl (C=O) groups is 2. The fourth-order valence-corrected chi connectivity index (χ4v) is 6.20. The van der Waals surface area contributed by atoms with Gasteiger partial charge in [0.05, 0.1) is 6.26 Å². The first-order valence-electron chi connectivity index (χ1n) is 14.2. The van der Waals surface area contributed by atoms with Gasteiger partial charge < -0.3 is 14.1 Å². The van der Waals surface area contributed by atoms with Crippen molar-refractivity contribution in [3.05, 3.63) is 60.4 Å². The van der Waals surface area contributed by atoms with Crippen LogP contribution in [0.4, 0.5) is 4.79 Å². The summed E-state index contributed by atoms with van der Waals surface area (Å²) in [5.41, 5.74) is 2.99. The highest BCUT2D eigenvalue weighted by molar-refractivity contribution is 6.15. The number of rotatable bonds is 5. The largest absolute Gasteiger partial charge is 0.464 e. The number of benzene rings is 2. The predicted octanol–water partition coefficient (Wildman–Crippen LogP) is 6.65. The number of furan rings is 1. The molecule has 0 N–H and O–H groups in total. The molecule has 204 valence electrons. The van der Waals surface area contributed by atoms with E-state index in [9.17, 15) is 9.59 Å². The Hall–Kier alpha value is -3.61. The summed E-state index contributed by atoms with van der Waals surface area (Å²) in [6.45, 7) is 7.66. The minimum atomic E-state index is -0.599.